The molecule has 1 saturated carbocycles. The van der Waals surface area contributed by atoms with Gasteiger partial charge in [0.1, 0.15) is 6.29 Å². The van der Waals surface area contributed by atoms with Crippen molar-refractivity contribution in [2.45, 2.75) is 63.5 Å². The molecule has 0 radical (unpaired) electrons. The monoisotopic (exact) mass is 195 g/mol. The molecule has 0 aromatic heterocycles. The van der Waals surface area contributed by atoms with Crippen molar-refractivity contribution in [3.05, 3.63) is 0 Å². The average molecular weight is 195 g/mol. The Hall–Kier alpha value is -0.370. The Morgan fingerprint density at radius 1 is 0.929 bits per heavy atom. The molecule has 2 aliphatic rings. The zero-order valence-corrected chi connectivity index (χ0v) is 8.95. The fourth-order valence-electron chi connectivity index (χ4n) is 2.99. The van der Waals surface area contributed by atoms with Gasteiger partial charge in [0.25, 0.3) is 0 Å². The van der Waals surface area contributed by atoms with Crippen molar-refractivity contribution in [2.75, 3.05) is 6.54 Å². The van der Waals surface area contributed by atoms with Gasteiger partial charge < -0.3 is 4.79 Å². The molecule has 0 unspecified atom stereocenters. The molecule has 2 fully saturated rings. The van der Waals surface area contributed by atoms with E-state index in [1.54, 1.807) is 0 Å². The molecule has 1 heterocycles. The zero-order chi connectivity index (χ0) is 9.80. The minimum absolute atomic E-state index is 0.242. The number of piperidine rings is 1. The zero-order valence-electron chi connectivity index (χ0n) is 8.95. The molecule has 14 heavy (non-hydrogen) atoms. The Balaban J connectivity index is 1.94. The normalized spacial score (nSPS) is 31.6. The third-order valence-corrected chi connectivity index (χ3v) is 3.79. The average Bonchev–Trinajstić information content (AvgIpc) is 2.30. The number of aldehydes is 1. The van der Waals surface area contributed by atoms with Gasteiger partial charge >= 0.3 is 0 Å². The van der Waals surface area contributed by atoms with E-state index >= 15 is 0 Å². The second-order valence-corrected chi connectivity index (χ2v) is 4.73. The molecule has 0 bridgehead atoms. The first-order valence-electron chi connectivity index (χ1n) is 6.13. The summed E-state index contributed by atoms with van der Waals surface area (Å²) in [4.78, 5) is 13.5. The van der Waals surface area contributed by atoms with Gasteiger partial charge in [0.15, 0.2) is 0 Å². The predicted molar refractivity (Wildman–Crippen MR) is 57.3 cm³/mol. The van der Waals surface area contributed by atoms with Gasteiger partial charge in [0, 0.05) is 6.04 Å². The highest BCUT2D eigenvalue weighted by molar-refractivity contribution is 5.57. The standard InChI is InChI=1S/C12H21NO/c14-10-12-8-4-5-9-13(12)11-6-2-1-3-7-11/h10-12H,1-9H2/t12-/m0/s1. The van der Waals surface area contributed by atoms with Crippen molar-refractivity contribution in [1.82, 2.24) is 4.90 Å². The van der Waals surface area contributed by atoms with Gasteiger partial charge in [-0.2, -0.15) is 0 Å². The molecule has 1 saturated heterocycles. The van der Waals surface area contributed by atoms with E-state index in [0.29, 0.717) is 0 Å². The number of carbonyl (C=O) groups is 1. The lowest BCUT2D eigenvalue weighted by Gasteiger charge is -2.40. The first-order chi connectivity index (χ1) is 6.92. The van der Waals surface area contributed by atoms with Crippen LogP contribution in [0.15, 0.2) is 0 Å². The smallest absolute Gasteiger partial charge is 0.137 e. The number of nitrogens with zero attached hydrogens (tertiary/aromatic N) is 1. The van der Waals surface area contributed by atoms with Gasteiger partial charge in [0.2, 0.25) is 0 Å². The van der Waals surface area contributed by atoms with E-state index in [9.17, 15) is 4.79 Å². The molecule has 2 rings (SSSR count). The van der Waals surface area contributed by atoms with E-state index in [1.165, 1.54) is 51.2 Å². The molecule has 2 nitrogen and oxygen atoms in total. The van der Waals surface area contributed by atoms with Crippen LogP contribution < -0.4 is 0 Å². The van der Waals surface area contributed by atoms with Crippen LogP contribution in [0.5, 0.6) is 0 Å². The Bertz CT molecular complexity index is 187. The Morgan fingerprint density at radius 3 is 2.36 bits per heavy atom. The van der Waals surface area contributed by atoms with Crippen molar-refractivity contribution in [3.63, 3.8) is 0 Å². The Morgan fingerprint density at radius 2 is 1.64 bits per heavy atom. The molecule has 0 aromatic carbocycles. The van der Waals surface area contributed by atoms with Crippen molar-refractivity contribution >= 4 is 6.29 Å². The van der Waals surface area contributed by atoms with E-state index in [0.717, 1.165) is 19.0 Å². The fourth-order valence-corrected chi connectivity index (χ4v) is 2.99. The quantitative estimate of drug-likeness (QED) is 0.630. The van der Waals surface area contributed by atoms with Crippen LogP contribution in [0, 0.1) is 0 Å². The van der Waals surface area contributed by atoms with E-state index in [1.807, 2.05) is 0 Å². The van der Waals surface area contributed by atoms with Crippen LogP contribution in [0.1, 0.15) is 51.4 Å². The van der Waals surface area contributed by atoms with Crippen LogP contribution in [0.3, 0.4) is 0 Å². The third-order valence-electron chi connectivity index (χ3n) is 3.79. The maximum absolute atomic E-state index is 11.0. The van der Waals surface area contributed by atoms with Crippen molar-refractivity contribution in [1.29, 1.82) is 0 Å². The summed E-state index contributed by atoms with van der Waals surface area (Å²) in [6, 6.07) is 0.964. The highest BCUT2D eigenvalue weighted by Gasteiger charge is 2.29. The number of hydrogen-bond acceptors (Lipinski definition) is 2. The van der Waals surface area contributed by atoms with Crippen LogP contribution in [0.25, 0.3) is 0 Å². The second-order valence-electron chi connectivity index (χ2n) is 4.73. The summed E-state index contributed by atoms with van der Waals surface area (Å²) < 4.78 is 0. The van der Waals surface area contributed by atoms with Gasteiger partial charge in [-0.25, -0.2) is 0 Å². The number of carbonyl (C=O) groups excluding carboxylic acids is 1. The molecule has 80 valence electrons. The van der Waals surface area contributed by atoms with Crippen molar-refractivity contribution < 1.29 is 4.79 Å². The SMILES string of the molecule is O=C[C@@H]1CCCCN1C1CCCCC1. The van der Waals surface area contributed by atoms with Crippen LogP contribution in [-0.4, -0.2) is 29.8 Å². The first kappa shape index (κ1) is 10.2. The molecular formula is C12H21NO. The van der Waals surface area contributed by atoms with Gasteiger partial charge in [0.05, 0.1) is 6.04 Å². The topological polar surface area (TPSA) is 20.3 Å². The number of likely N-dealkylation sites (tertiary alicyclic amines) is 1. The summed E-state index contributed by atoms with van der Waals surface area (Å²) in [5.74, 6) is 0. The summed E-state index contributed by atoms with van der Waals surface area (Å²) in [7, 11) is 0. The molecule has 0 amide bonds. The molecule has 2 heteroatoms. The van der Waals surface area contributed by atoms with Crippen molar-refractivity contribution in [3.8, 4) is 0 Å². The highest BCUT2D eigenvalue weighted by Crippen LogP contribution is 2.27. The van der Waals surface area contributed by atoms with Crippen LogP contribution in [0.4, 0.5) is 0 Å². The van der Waals surface area contributed by atoms with E-state index < -0.39 is 0 Å². The number of hydrogen-bond donors (Lipinski definition) is 0. The maximum Gasteiger partial charge on any atom is 0.137 e. The van der Waals surface area contributed by atoms with E-state index in [4.69, 9.17) is 0 Å². The summed E-state index contributed by atoms with van der Waals surface area (Å²) >= 11 is 0. The highest BCUT2D eigenvalue weighted by atomic mass is 16.1. The lowest BCUT2D eigenvalue weighted by atomic mass is 9.91. The molecule has 0 N–H and O–H groups in total. The van der Waals surface area contributed by atoms with Gasteiger partial charge in [-0.05, 0) is 32.2 Å². The maximum atomic E-state index is 11.0. The third kappa shape index (κ3) is 2.17. The first-order valence-corrected chi connectivity index (χ1v) is 6.13. The van der Waals surface area contributed by atoms with E-state index in [2.05, 4.69) is 4.90 Å². The van der Waals surface area contributed by atoms with Crippen molar-refractivity contribution in [2.24, 2.45) is 0 Å². The molecule has 0 spiro atoms. The Kier molecular flexibility index (Phi) is 3.57. The predicted octanol–water partition coefficient (Wildman–Crippen LogP) is 2.37. The minimum Gasteiger partial charge on any atom is -0.302 e. The van der Waals surface area contributed by atoms with E-state index in [-0.39, 0.29) is 6.04 Å². The lowest BCUT2D eigenvalue weighted by Crippen LogP contribution is -2.47. The van der Waals surface area contributed by atoms with Gasteiger partial charge in [-0.1, -0.05) is 25.7 Å². The largest absolute Gasteiger partial charge is 0.302 e. The molecule has 1 aliphatic heterocycles. The molecular weight excluding hydrogens is 174 g/mol. The summed E-state index contributed by atoms with van der Waals surface area (Å²) in [5.41, 5.74) is 0. The number of rotatable bonds is 2. The molecule has 1 atom stereocenters. The lowest BCUT2D eigenvalue weighted by molar-refractivity contribution is -0.114. The summed E-state index contributed by atoms with van der Waals surface area (Å²) in [5, 5.41) is 0. The van der Waals surface area contributed by atoms with Crippen LogP contribution >= 0.6 is 0 Å². The summed E-state index contributed by atoms with van der Waals surface area (Å²) in [6.07, 6.45) is 11.6. The second kappa shape index (κ2) is 4.92. The van der Waals surface area contributed by atoms with Gasteiger partial charge in [-0.15, -0.1) is 0 Å². The van der Waals surface area contributed by atoms with Crippen LogP contribution in [0.2, 0.25) is 0 Å². The summed E-state index contributed by atoms with van der Waals surface area (Å²) in [6.45, 7) is 1.16. The van der Waals surface area contributed by atoms with Gasteiger partial charge in [-0.3, -0.25) is 4.90 Å². The minimum atomic E-state index is 0.242. The fraction of sp³-hybridized carbons (Fsp3) is 0.917. The molecule has 1 aliphatic carbocycles. The Labute approximate surface area is 86.7 Å². The van der Waals surface area contributed by atoms with Crippen LogP contribution in [-0.2, 0) is 4.79 Å². The molecule has 0 aromatic rings.